The lowest BCUT2D eigenvalue weighted by molar-refractivity contribution is -0.133. The van der Waals surface area contributed by atoms with Crippen molar-refractivity contribution in [1.29, 1.82) is 0 Å². The van der Waals surface area contributed by atoms with Gasteiger partial charge in [-0.15, -0.1) is 0 Å². The minimum atomic E-state index is 0.0408. The normalized spacial score (nSPS) is 18.0. The lowest BCUT2D eigenvalue weighted by Gasteiger charge is -2.28. The number of imidazole rings is 1. The van der Waals surface area contributed by atoms with Crippen molar-refractivity contribution in [2.75, 3.05) is 6.54 Å². The Hall–Kier alpha value is -2.56. The van der Waals surface area contributed by atoms with E-state index >= 15 is 0 Å². The van der Waals surface area contributed by atoms with Crippen LogP contribution >= 0.6 is 0 Å². The Balaban J connectivity index is 1.57. The molecule has 5 heteroatoms. The number of likely N-dealkylation sites (tertiary alicyclic amines) is 1. The van der Waals surface area contributed by atoms with E-state index in [4.69, 9.17) is 4.42 Å². The predicted molar refractivity (Wildman–Crippen MR) is 105 cm³/mol. The third-order valence-electron chi connectivity index (χ3n) is 5.49. The van der Waals surface area contributed by atoms with E-state index in [2.05, 4.69) is 11.9 Å². The van der Waals surface area contributed by atoms with Gasteiger partial charge in [0.2, 0.25) is 5.91 Å². The van der Waals surface area contributed by atoms with E-state index in [-0.39, 0.29) is 11.9 Å². The van der Waals surface area contributed by atoms with Crippen LogP contribution in [0, 0.1) is 6.92 Å². The van der Waals surface area contributed by atoms with Gasteiger partial charge >= 0.3 is 0 Å². The Kier molecular flexibility index (Phi) is 5.01. The lowest BCUT2D eigenvalue weighted by Crippen LogP contribution is -2.35. The van der Waals surface area contributed by atoms with E-state index in [1.165, 1.54) is 0 Å². The topological polar surface area (TPSA) is 50.8 Å². The molecule has 27 heavy (non-hydrogen) atoms. The lowest BCUT2D eigenvalue weighted by atomic mass is 10.1. The zero-order valence-corrected chi connectivity index (χ0v) is 16.1. The third kappa shape index (κ3) is 3.64. The second-order valence-corrected chi connectivity index (χ2v) is 7.44. The summed E-state index contributed by atoms with van der Waals surface area (Å²) in [5.74, 6) is 2.04. The van der Waals surface area contributed by atoms with Crippen LogP contribution < -0.4 is 0 Å². The summed E-state index contributed by atoms with van der Waals surface area (Å²) in [4.78, 5) is 19.9. The largest absolute Gasteiger partial charge is 0.464 e. The molecule has 1 fully saturated rings. The number of fused-ring (bicyclic) bond motifs is 1. The highest BCUT2D eigenvalue weighted by atomic mass is 16.3. The number of aromatic nitrogens is 2. The number of amides is 1. The van der Waals surface area contributed by atoms with Crippen molar-refractivity contribution in [3.63, 3.8) is 0 Å². The average Bonchev–Trinajstić information content (AvgIpc) is 3.22. The fourth-order valence-electron chi connectivity index (χ4n) is 4.01. The Bertz CT molecular complexity index is 940. The van der Waals surface area contributed by atoms with E-state index in [0.29, 0.717) is 6.42 Å². The number of pyridine rings is 1. The molecule has 1 amide bonds. The molecule has 0 aromatic carbocycles. The summed E-state index contributed by atoms with van der Waals surface area (Å²) in [6, 6.07) is 8.17. The van der Waals surface area contributed by atoms with Gasteiger partial charge in [0.1, 0.15) is 17.2 Å². The van der Waals surface area contributed by atoms with Crippen molar-refractivity contribution in [2.45, 2.75) is 58.4 Å². The highest BCUT2D eigenvalue weighted by Gasteiger charge is 2.29. The summed E-state index contributed by atoms with van der Waals surface area (Å²) in [6.45, 7) is 4.92. The quantitative estimate of drug-likeness (QED) is 0.685. The second kappa shape index (κ2) is 7.59. The van der Waals surface area contributed by atoms with Crippen LogP contribution in [-0.4, -0.2) is 26.7 Å². The van der Waals surface area contributed by atoms with Crippen molar-refractivity contribution >= 4 is 11.6 Å². The smallest absolute Gasteiger partial charge is 0.229 e. The third-order valence-corrected chi connectivity index (χ3v) is 5.49. The molecule has 4 heterocycles. The van der Waals surface area contributed by atoms with Crippen molar-refractivity contribution < 1.29 is 9.21 Å². The van der Waals surface area contributed by atoms with Gasteiger partial charge in [0.15, 0.2) is 0 Å². The van der Waals surface area contributed by atoms with Crippen LogP contribution in [0.4, 0.5) is 0 Å². The molecular formula is C22H27N3O2. The van der Waals surface area contributed by atoms with Gasteiger partial charge in [-0.25, -0.2) is 4.98 Å². The van der Waals surface area contributed by atoms with E-state index in [1.807, 2.05) is 52.9 Å². The van der Waals surface area contributed by atoms with Crippen LogP contribution in [-0.2, 0) is 17.6 Å². The van der Waals surface area contributed by atoms with Crippen LogP contribution in [0.25, 0.3) is 5.65 Å². The number of hydrogen-bond donors (Lipinski definition) is 0. The van der Waals surface area contributed by atoms with E-state index in [1.54, 1.807) is 0 Å². The van der Waals surface area contributed by atoms with Crippen molar-refractivity contribution in [3.8, 4) is 0 Å². The van der Waals surface area contributed by atoms with Gasteiger partial charge in [-0.3, -0.25) is 4.79 Å². The monoisotopic (exact) mass is 365 g/mol. The van der Waals surface area contributed by atoms with Crippen LogP contribution in [0.3, 0.4) is 0 Å². The molecule has 1 aliphatic heterocycles. The van der Waals surface area contributed by atoms with Crippen LogP contribution in [0.1, 0.15) is 61.4 Å². The summed E-state index contributed by atoms with van der Waals surface area (Å²) < 4.78 is 8.01. The van der Waals surface area contributed by atoms with Crippen LogP contribution in [0.5, 0.6) is 0 Å². The zero-order valence-electron chi connectivity index (χ0n) is 16.1. The van der Waals surface area contributed by atoms with Gasteiger partial charge in [-0.1, -0.05) is 25.8 Å². The Morgan fingerprint density at radius 1 is 1.26 bits per heavy atom. The van der Waals surface area contributed by atoms with Crippen molar-refractivity contribution in [3.05, 3.63) is 59.4 Å². The SMILES string of the molecule is CCc1ccc(C2CCCCCN2C(=O)Cc2cn3cccc(C)c3n2)o1. The molecule has 1 aliphatic rings. The molecule has 1 atom stereocenters. The number of carbonyl (C=O) groups is 1. The van der Waals surface area contributed by atoms with Gasteiger partial charge in [0, 0.05) is 25.4 Å². The van der Waals surface area contributed by atoms with Crippen LogP contribution in [0.15, 0.2) is 41.1 Å². The molecule has 0 spiro atoms. The summed E-state index contributed by atoms with van der Waals surface area (Å²) in [5, 5.41) is 0. The summed E-state index contributed by atoms with van der Waals surface area (Å²) >= 11 is 0. The zero-order chi connectivity index (χ0) is 18.8. The minimum Gasteiger partial charge on any atom is -0.464 e. The minimum absolute atomic E-state index is 0.0408. The molecule has 4 rings (SSSR count). The molecule has 3 aromatic rings. The highest BCUT2D eigenvalue weighted by Crippen LogP contribution is 2.32. The molecule has 1 saturated heterocycles. The van der Waals surface area contributed by atoms with Crippen molar-refractivity contribution in [1.82, 2.24) is 14.3 Å². The number of furan rings is 1. The molecule has 142 valence electrons. The summed E-state index contributed by atoms with van der Waals surface area (Å²) in [7, 11) is 0. The Morgan fingerprint density at radius 2 is 2.15 bits per heavy atom. The molecule has 3 aromatic heterocycles. The molecule has 0 saturated carbocycles. The molecule has 0 bridgehead atoms. The fourth-order valence-corrected chi connectivity index (χ4v) is 4.01. The number of hydrogen-bond acceptors (Lipinski definition) is 3. The first-order valence-electron chi connectivity index (χ1n) is 9.97. The number of rotatable bonds is 4. The number of aryl methyl sites for hydroxylation is 2. The standard InChI is InChI=1S/C22H27N3O2/c1-3-18-10-11-20(27-18)19-9-5-4-6-13-25(19)21(26)14-17-15-24-12-7-8-16(2)22(24)23-17/h7-8,10-12,15,19H,3-6,9,13-14H2,1-2H3. The first-order valence-corrected chi connectivity index (χ1v) is 9.97. The molecule has 0 N–H and O–H groups in total. The maximum absolute atomic E-state index is 13.2. The predicted octanol–water partition coefficient (Wildman–Crippen LogP) is 4.48. The Morgan fingerprint density at radius 3 is 2.93 bits per heavy atom. The molecular weight excluding hydrogens is 338 g/mol. The summed E-state index contributed by atoms with van der Waals surface area (Å²) in [6.07, 6.45) is 9.46. The van der Waals surface area contributed by atoms with Gasteiger partial charge in [0.05, 0.1) is 18.2 Å². The van der Waals surface area contributed by atoms with Gasteiger partial charge in [0.25, 0.3) is 0 Å². The van der Waals surface area contributed by atoms with E-state index in [0.717, 1.165) is 67.1 Å². The molecule has 1 unspecified atom stereocenters. The van der Waals surface area contributed by atoms with Crippen LogP contribution in [0.2, 0.25) is 0 Å². The first kappa shape index (κ1) is 17.8. The summed E-state index contributed by atoms with van der Waals surface area (Å²) in [5.41, 5.74) is 2.86. The highest BCUT2D eigenvalue weighted by molar-refractivity contribution is 5.79. The Labute approximate surface area is 160 Å². The van der Waals surface area contributed by atoms with E-state index < -0.39 is 0 Å². The molecule has 5 nitrogen and oxygen atoms in total. The second-order valence-electron chi connectivity index (χ2n) is 7.44. The molecule has 0 radical (unpaired) electrons. The van der Waals surface area contributed by atoms with Gasteiger partial charge < -0.3 is 13.7 Å². The number of carbonyl (C=O) groups excluding carboxylic acids is 1. The van der Waals surface area contributed by atoms with Crippen molar-refractivity contribution in [2.24, 2.45) is 0 Å². The number of nitrogens with zero attached hydrogens (tertiary/aromatic N) is 3. The first-order chi connectivity index (χ1) is 13.2. The maximum Gasteiger partial charge on any atom is 0.229 e. The fraction of sp³-hybridized carbons (Fsp3) is 0.455. The average molecular weight is 365 g/mol. The van der Waals surface area contributed by atoms with E-state index in [9.17, 15) is 4.79 Å². The van der Waals surface area contributed by atoms with Gasteiger partial charge in [-0.2, -0.15) is 0 Å². The molecule has 0 aliphatic carbocycles. The maximum atomic E-state index is 13.2. The van der Waals surface area contributed by atoms with Gasteiger partial charge in [-0.05, 0) is 43.5 Å².